The highest BCUT2D eigenvalue weighted by molar-refractivity contribution is 7.98. The summed E-state index contributed by atoms with van der Waals surface area (Å²) in [6, 6.07) is 7.74. The standard InChI is InChI=1S/C14H16ClN3S/c1-9(16)11-7-17-14(18-10(11)2)8-19-13-6-4-3-5-12(13)15/h3-7,9H,8,16H2,1-2H3/t9-/m0/s1. The van der Waals surface area contributed by atoms with Crippen molar-refractivity contribution in [2.24, 2.45) is 5.73 Å². The maximum absolute atomic E-state index is 6.11. The number of halogens is 1. The fourth-order valence-corrected chi connectivity index (χ4v) is 2.85. The van der Waals surface area contributed by atoms with Gasteiger partial charge in [0.2, 0.25) is 0 Å². The monoisotopic (exact) mass is 293 g/mol. The van der Waals surface area contributed by atoms with Crippen molar-refractivity contribution in [1.29, 1.82) is 0 Å². The molecule has 0 aliphatic carbocycles. The molecule has 1 aromatic carbocycles. The molecular formula is C14H16ClN3S. The largest absolute Gasteiger partial charge is 0.324 e. The molecule has 2 aromatic rings. The predicted octanol–water partition coefficient (Wildman–Crippen LogP) is 3.75. The molecule has 1 atom stereocenters. The number of hydrogen-bond donors (Lipinski definition) is 1. The second-order valence-electron chi connectivity index (χ2n) is 4.33. The highest BCUT2D eigenvalue weighted by Crippen LogP contribution is 2.28. The van der Waals surface area contributed by atoms with Crippen molar-refractivity contribution < 1.29 is 0 Å². The normalized spacial score (nSPS) is 12.4. The number of aromatic nitrogens is 2. The lowest BCUT2D eigenvalue weighted by atomic mass is 10.1. The van der Waals surface area contributed by atoms with Gasteiger partial charge in [-0.25, -0.2) is 9.97 Å². The first-order valence-electron chi connectivity index (χ1n) is 6.03. The molecule has 0 saturated heterocycles. The average molecular weight is 294 g/mol. The molecule has 3 nitrogen and oxygen atoms in total. The molecule has 0 spiro atoms. The van der Waals surface area contributed by atoms with Gasteiger partial charge >= 0.3 is 0 Å². The molecule has 0 aliphatic heterocycles. The molecule has 0 radical (unpaired) electrons. The van der Waals surface area contributed by atoms with Gasteiger partial charge in [-0.15, -0.1) is 11.8 Å². The second kappa shape index (κ2) is 6.37. The SMILES string of the molecule is Cc1nc(CSc2ccccc2Cl)ncc1[C@H](C)N. The van der Waals surface area contributed by atoms with E-state index in [1.807, 2.05) is 44.3 Å². The number of nitrogens with two attached hydrogens (primary N) is 1. The molecule has 0 unspecified atom stereocenters. The van der Waals surface area contributed by atoms with Crippen molar-refractivity contribution >= 4 is 23.4 Å². The van der Waals surface area contributed by atoms with Gasteiger partial charge in [-0.2, -0.15) is 0 Å². The van der Waals surface area contributed by atoms with E-state index in [9.17, 15) is 0 Å². The first-order chi connectivity index (χ1) is 9.08. The number of thioether (sulfide) groups is 1. The lowest BCUT2D eigenvalue weighted by Crippen LogP contribution is -2.10. The van der Waals surface area contributed by atoms with Crippen LogP contribution in [0.3, 0.4) is 0 Å². The van der Waals surface area contributed by atoms with Gasteiger partial charge in [-0.3, -0.25) is 0 Å². The Balaban J connectivity index is 2.08. The molecule has 19 heavy (non-hydrogen) atoms. The Morgan fingerprint density at radius 1 is 1.37 bits per heavy atom. The van der Waals surface area contributed by atoms with Gasteiger partial charge in [-0.05, 0) is 26.0 Å². The summed E-state index contributed by atoms with van der Waals surface area (Å²) in [5.41, 5.74) is 7.78. The van der Waals surface area contributed by atoms with Gasteiger partial charge in [0.25, 0.3) is 0 Å². The minimum atomic E-state index is -0.0368. The van der Waals surface area contributed by atoms with Gasteiger partial charge in [0, 0.05) is 28.4 Å². The van der Waals surface area contributed by atoms with Crippen LogP contribution in [0.1, 0.15) is 30.0 Å². The topological polar surface area (TPSA) is 51.8 Å². The van der Waals surface area contributed by atoms with E-state index in [0.29, 0.717) is 5.75 Å². The van der Waals surface area contributed by atoms with Gasteiger partial charge in [0.1, 0.15) is 5.82 Å². The van der Waals surface area contributed by atoms with Crippen LogP contribution < -0.4 is 5.73 Å². The first-order valence-corrected chi connectivity index (χ1v) is 7.39. The zero-order valence-electron chi connectivity index (χ0n) is 10.9. The quantitative estimate of drug-likeness (QED) is 0.872. The third-order valence-electron chi connectivity index (χ3n) is 2.75. The third-order valence-corrected chi connectivity index (χ3v) is 4.26. The summed E-state index contributed by atoms with van der Waals surface area (Å²) in [5, 5.41) is 0.761. The Morgan fingerprint density at radius 3 is 2.74 bits per heavy atom. The van der Waals surface area contributed by atoms with E-state index in [1.54, 1.807) is 11.8 Å². The molecule has 5 heteroatoms. The van der Waals surface area contributed by atoms with Crippen molar-refractivity contribution in [3.63, 3.8) is 0 Å². The molecule has 0 aliphatic rings. The highest BCUT2D eigenvalue weighted by atomic mass is 35.5. The Bertz CT molecular complexity index is 572. The Kier molecular flexibility index (Phi) is 4.80. The lowest BCUT2D eigenvalue weighted by molar-refractivity contribution is 0.781. The fraction of sp³-hybridized carbons (Fsp3) is 0.286. The van der Waals surface area contributed by atoms with Gasteiger partial charge in [0.05, 0.1) is 10.8 Å². The molecular weight excluding hydrogens is 278 g/mol. The Labute approximate surface area is 122 Å². The zero-order chi connectivity index (χ0) is 13.8. The van der Waals surface area contributed by atoms with Crippen molar-refractivity contribution in [2.75, 3.05) is 0 Å². The first kappa shape index (κ1) is 14.3. The van der Waals surface area contributed by atoms with Crippen molar-refractivity contribution in [1.82, 2.24) is 9.97 Å². The minimum absolute atomic E-state index is 0.0368. The maximum Gasteiger partial charge on any atom is 0.138 e. The van der Waals surface area contributed by atoms with Crippen LogP contribution in [0.4, 0.5) is 0 Å². The van der Waals surface area contributed by atoms with Crippen molar-refractivity contribution in [2.45, 2.75) is 30.5 Å². The number of benzene rings is 1. The third kappa shape index (κ3) is 3.69. The van der Waals surface area contributed by atoms with Gasteiger partial charge in [-0.1, -0.05) is 23.7 Å². The second-order valence-corrected chi connectivity index (χ2v) is 5.76. The summed E-state index contributed by atoms with van der Waals surface area (Å²) in [5.74, 6) is 1.50. The molecule has 0 fully saturated rings. The van der Waals surface area contributed by atoms with Crippen LogP contribution >= 0.6 is 23.4 Å². The van der Waals surface area contributed by atoms with Crippen molar-refractivity contribution in [3.8, 4) is 0 Å². The van der Waals surface area contributed by atoms with Crippen molar-refractivity contribution in [3.05, 3.63) is 52.6 Å². The Hall–Kier alpha value is -1.10. The Morgan fingerprint density at radius 2 is 2.11 bits per heavy atom. The van der Waals surface area contributed by atoms with Gasteiger partial charge < -0.3 is 5.73 Å². The summed E-state index contributed by atoms with van der Waals surface area (Å²) in [6.07, 6.45) is 1.81. The molecule has 2 N–H and O–H groups in total. The van der Waals surface area contributed by atoms with Crippen LogP contribution in [0.15, 0.2) is 35.4 Å². The maximum atomic E-state index is 6.11. The molecule has 0 amide bonds. The van der Waals surface area contributed by atoms with Gasteiger partial charge in [0.15, 0.2) is 0 Å². The van der Waals surface area contributed by atoms with E-state index in [1.165, 1.54) is 0 Å². The molecule has 0 bridgehead atoms. The molecule has 1 heterocycles. The average Bonchev–Trinajstić information content (AvgIpc) is 2.37. The zero-order valence-corrected chi connectivity index (χ0v) is 12.5. The van der Waals surface area contributed by atoms with E-state index in [2.05, 4.69) is 9.97 Å². The van der Waals surface area contributed by atoms with Crippen LogP contribution in [0.25, 0.3) is 0 Å². The number of nitrogens with zero attached hydrogens (tertiary/aromatic N) is 2. The highest BCUT2D eigenvalue weighted by Gasteiger charge is 2.08. The summed E-state index contributed by atoms with van der Waals surface area (Å²) >= 11 is 7.75. The van der Waals surface area contributed by atoms with E-state index in [0.717, 1.165) is 27.0 Å². The molecule has 1 aromatic heterocycles. The van der Waals surface area contributed by atoms with Crippen LogP contribution in [0, 0.1) is 6.92 Å². The van der Waals surface area contributed by atoms with E-state index in [-0.39, 0.29) is 6.04 Å². The van der Waals surface area contributed by atoms with Crippen LogP contribution in [0.5, 0.6) is 0 Å². The summed E-state index contributed by atoms with van der Waals surface area (Å²) < 4.78 is 0. The predicted molar refractivity (Wildman–Crippen MR) is 80.4 cm³/mol. The minimum Gasteiger partial charge on any atom is -0.324 e. The number of aryl methyl sites for hydroxylation is 1. The van der Waals surface area contributed by atoms with Crippen LogP contribution in [-0.4, -0.2) is 9.97 Å². The lowest BCUT2D eigenvalue weighted by Gasteiger charge is -2.09. The van der Waals surface area contributed by atoms with Crippen LogP contribution in [0.2, 0.25) is 5.02 Å². The summed E-state index contributed by atoms with van der Waals surface area (Å²) in [4.78, 5) is 9.88. The summed E-state index contributed by atoms with van der Waals surface area (Å²) in [7, 11) is 0. The van der Waals surface area contributed by atoms with E-state index < -0.39 is 0 Å². The molecule has 100 valence electrons. The van der Waals surface area contributed by atoms with Crippen LogP contribution in [-0.2, 0) is 5.75 Å². The molecule has 2 rings (SSSR count). The summed E-state index contributed by atoms with van der Waals surface area (Å²) in [6.45, 7) is 3.90. The fourth-order valence-electron chi connectivity index (χ4n) is 1.75. The molecule has 0 saturated carbocycles. The van der Waals surface area contributed by atoms with E-state index in [4.69, 9.17) is 17.3 Å². The number of rotatable bonds is 4. The van der Waals surface area contributed by atoms with E-state index >= 15 is 0 Å². The number of hydrogen-bond acceptors (Lipinski definition) is 4. The smallest absolute Gasteiger partial charge is 0.138 e.